The highest BCUT2D eigenvalue weighted by atomic mass is 32.1. The Hall–Kier alpha value is -8.76. The summed E-state index contributed by atoms with van der Waals surface area (Å²) in [5.41, 5.74) is 2.56. The molecular weight excluding hydrogens is 1310 g/mol. The van der Waals surface area contributed by atoms with E-state index >= 15 is 0 Å². The molecule has 1 saturated heterocycles. The van der Waals surface area contributed by atoms with Crippen molar-refractivity contribution >= 4 is 115 Å². The van der Waals surface area contributed by atoms with Crippen LogP contribution in [0.1, 0.15) is 155 Å². The number of aryl methyl sites for hydroxylation is 2. The summed E-state index contributed by atoms with van der Waals surface area (Å²) in [5.74, 6) is -5.37. The molecule has 5 amide bonds. The van der Waals surface area contributed by atoms with Crippen LogP contribution in [0.3, 0.4) is 0 Å². The van der Waals surface area contributed by atoms with Gasteiger partial charge in [-0.3, -0.25) is 38.1 Å². The van der Waals surface area contributed by atoms with Crippen LogP contribution in [0.5, 0.6) is 0 Å². The van der Waals surface area contributed by atoms with E-state index in [-0.39, 0.29) is 79.7 Å². The molecule has 26 nitrogen and oxygen atoms in total. The molecule has 1 fully saturated rings. The number of benzene rings is 1. The highest BCUT2D eigenvalue weighted by Gasteiger charge is 2.37. The fraction of sp³-hybridized carbons (Fsp3) is 0.344. The zero-order chi connectivity index (χ0) is 65.8. The van der Waals surface area contributed by atoms with E-state index in [1.165, 1.54) is 70.6 Å². The summed E-state index contributed by atoms with van der Waals surface area (Å²) in [4.78, 5) is 149. The van der Waals surface area contributed by atoms with Gasteiger partial charge in [-0.25, -0.2) is 44.7 Å². The van der Waals surface area contributed by atoms with E-state index in [0.717, 1.165) is 22.7 Å². The molecule has 5 atom stereocenters. The number of amides is 5. The van der Waals surface area contributed by atoms with Crippen LogP contribution in [0.4, 0.5) is 0 Å². The molecule has 1 aromatic carbocycles. The van der Waals surface area contributed by atoms with Gasteiger partial charge >= 0.3 is 11.9 Å². The third kappa shape index (κ3) is 14.6. The molecule has 11 rings (SSSR count). The van der Waals surface area contributed by atoms with E-state index < -0.39 is 78.2 Å². The number of carbonyl (C=O) groups excluding carboxylic acids is 6. The quantitative estimate of drug-likeness (QED) is 0.0505. The fourth-order valence-corrected chi connectivity index (χ4v) is 16.3. The van der Waals surface area contributed by atoms with Gasteiger partial charge in [0.25, 0.3) is 17.7 Å². The maximum atomic E-state index is 14.5. The molecule has 93 heavy (non-hydrogen) atoms. The van der Waals surface area contributed by atoms with Crippen molar-refractivity contribution in [1.82, 2.24) is 70.6 Å². The average molecular weight is 1370 g/mol. The number of fused-ring (bicyclic) bond motifs is 14. The van der Waals surface area contributed by atoms with Gasteiger partial charge in [0.1, 0.15) is 94.7 Å². The lowest BCUT2D eigenvalue weighted by atomic mass is 9.90. The van der Waals surface area contributed by atoms with Crippen LogP contribution in [0.2, 0.25) is 0 Å². The van der Waals surface area contributed by atoms with Crippen LogP contribution >= 0.6 is 68.0 Å². The summed E-state index contributed by atoms with van der Waals surface area (Å²) in [6.07, 6.45) is 0.856. The largest absolute Gasteiger partial charge is 0.481 e. The lowest BCUT2D eigenvalue weighted by molar-refractivity contribution is -0.141. The molecule has 0 saturated carbocycles. The Bertz CT molecular complexity index is 4320. The molecule has 482 valence electrons. The van der Waals surface area contributed by atoms with Gasteiger partial charge in [0, 0.05) is 84.0 Å². The molecule has 2 aliphatic heterocycles. The van der Waals surface area contributed by atoms with E-state index in [0.29, 0.717) is 98.2 Å². The Balaban J connectivity index is 0.989. The monoisotopic (exact) mass is 1370 g/mol. The standard InChI is InChI=1S/C61H60N14O12S6/c1-28(2)32-19-40(76)47-29(3)92-58(72-47)34(20-44(77)62-4)66-52(82)37-25-88-54(68-37)31-16-17-33(56-70-43(27-91-56)75-22-35(64-42(75)14-9-15-46(79)80)60(84)74-18-10-13-39(74)61(85)86)65-48(31)36-24-89-57(67-36)38-26-90-59(69-38)50(51(81)30-11-7-6-8-12-30)71-45(78)21-63-53(83)49-41(23-87-5)93-55(32)73-49/h6-8,11-12,16-17,22,24-28,32,34,39,50-51,81H,9-10,13-15,18-21,23H2,1-5H3,(H,62,77)(H,63,83)(H,66,82)(H,71,78)(H,79,80)(H,85,86)/t32?,34-,39?,50-,51-/m0/s1. The average Bonchev–Trinajstić information content (AvgIpc) is 1.69. The first-order valence-electron chi connectivity index (χ1n) is 29.2. The molecular formula is C61H60N14O12S6. The molecule has 2 aliphatic rings. The molecule has 8 aromatic heterocycles. The second-order valence-corrected chi connectivity index (χ2v) is 27.9. The first-order valence-corrected chi connectivity index (χ1v) is 34.4. The Morgan fingerprint density at radius 2 is 1.49 bits per heavy atom. The number of pyridine rings is 1. The summed E-state index contributed by atoms with van der Waals surface area (Å²) in [5, 5.41) is 51.6. The first kappa shape index (κ1) is 65.7. The van der Waals surface area contributed by atoms with E-state index in [9.17, 15) is 53.7 Å². The van der Waals surface area contributed by atoms with Crippen LogP contribution in [0.25, 0.3) is 49.2 Å². The van der Waals surface area contributed by atoms with Gasteiger partial charge in [0.15, 0.2) is 5.78 Å². The number of carbonyl (C=O) groups is 8. The van der Waals surface area contributed by atoms with Crippen LogP contribution in [0, 0.1) is 12.8 Å². The number of nitrogens with zero attached hydrogens (tertiary/aromatic N) is 10. The predicted molar refractivity (Wildman–Crippen MR) is 348 cm³/mol. The maximum absolute atomic E-state index is 14.5. The third-order valence-corrected chi connectivity index (χ3v) is 21.2. The number of thiazole rings is 6. The molecule has 32 heteroatoms. The van der Waals surface area contributed by atoms with Gasteiger partial charge < -0.3 is 46.2 Å². The van der Waals surface area contributed by atoms with E-state index in [4.69, 9.17) is 39.6 Å². The van der Waals surface area contributed by atoms with Crippen LogP contribution in [-0.2, 0) is 36.9 Å². The number of ketones is 1. The summed E-state index contributed by atoms with van der Waals surface area (Å²) < 4.78 is 7.07. The smallest absolute Gasteiger partial charge is 0.326 e. The maximum Gasteiger partial charge on any atom is 0.326 e. The summed E-state index contributed by atoms with van der Waals surface area (Å²) >= 11 is 7.17. The van der Waals surface area contributed by atoms with Gasteiger partial charge in [-0.1, -0.05) is 44.2 Å². The Morgan fingerprint density at radius 1 is 0.763 bits per heavy atom. The lowest BCUT2D eigenvalue weighted by Crippen LogP contribution is -2.40. The highest BCUT2D eigenvalue weighted by Crippen LogP contribution is 2.41. The van der Waals surface area contributed by atoms with Gasteiger partial charge in [-0.2, -0.15) is 0 Å². The summed E-state index contributed by atoms with van der Waals surface area (Å²) in [7, 11) is 2.94. The van der Waals surface area contributed by atoms with E-state index in [1.807, 2.05) is 13.8 Å². The second kappa shape index (κ2) is 28.6. The lowest BCUT2D eigenvalue weighted by Gasteiger charge is -2.23. The summed E-state index contributed by atoms with van der Waals surface area (Å²) in [6, 6.07) is 9.09. The number of carboxylic acids is 2. The number of methoxy groups -OCH3 is 1. The Labute approximate surface area is 554 Å². The normalized spacial score (nSPS) is 17.6. The minimum Gasteiger partial charge on any atom is -0.481 e. The van der Waals surface area contributed by atoms with Crippen LogP contribution < -0.4 is 21.3 Å². The van der Waals surface area contributed by atoms with Gasteiger partial charge in [-0.15, -0.1) is 68.0 Å². The number of imidazole rings is 1. The molecule has 0 aliphatic carbocycles. The van der Waals surface area contributed by atoms with Crippen molar-refractivity contribution in [3.05, 3.63) is 129 Å². The highest BCUT2D eigenvalue weighted by molar-refractivity contribution is 7.15. The second-order valence-electron chi connectivity index (χ2n) is 22.1. The number of hydrogen-bond donors (Lipinski definition) is 7. The SMILES string of the molecule is CNC(=O)C[C@@H]1NC(=O)c2csc(n2)-c2ccc(-c3nc(-n4cc(C(=O)N5CCCC5C(=O)O)nc4CCCC(=O)O)cs3)nc2-c2csc(n2)-c2csc(n2)[C@H]([C@@H](O)c2ccccc2)NC(=O)CNC(=O)c2nc(sc2COC)C(C(C)C)CC(=O)c2nc1sc2C. The number of rotatable bonds is 15. The van der Waals surface area contributed by atoms with Crippen LogP contribution in [0.15, 0.2) is 70.2 Å². The number of ether oxygens (including phenoxy) is 1. The minimum atomic E-state index is -1.30. The molecule has 10 heterocycles. The Morgan fingerprint density at radius 3 is 2.25 bits per heavy atom. The van der Waals surface area contributed by atoms with Crippen molar-refractivity contribution in [2.75, 3.05) is 27.2 Å². The third-order valence-electron chi connectivity index (χ3n) is 15.4. The molecule has 2 unspecified atom stereocenters. The number of carboxylic acid groups (broad SMARTS) is 2. The van der Waals surface area contributed by atoms with Crippen molar-refractivity contribution in [2.24, 2.45) is 5.92 Å². The number of aromatic nitrogens is 9. The molecule has 0 spiro atoms. The molecule has 0 radical (unpaired) electrons. The van der Waals surface area contributed by atoms with E-state index in [1.54, 1.807) is 75.5 Å². The molecule has 10 bridgehead atoms. The number of nitrogens with one attached hydrogen (secondary N) is 4. The van der Waals surface area contributed by atoms with E-state index in [2.05, 4.69) is 26.3 Å². The molecule has 9 aromatic rings. The van der Waals surface area contributed by atoms with Crippen molar-refractivity contribution in [3.8, 4) is 49.2 Å². The van der Waals surface area contributed by atoms with Crippen molar-refractivity contribution in [2.45, 2.75) is 102 Å². The van der Waals surface area contributed by atoms with Gasteiger partial charge in [0.05, 0.1) is 41.2 Å². The van der Waals surface area contributed by atoms with Gasteiger partial charge in [-0.05, 0) is 49.8 Å². The van der Waals surface area contributed by atoms with Crippen molar-refractivity contribution in [3.63, 3.8) is 0 Å². The number of Topliss-reactive ketones (excluding diaryl/α,β-unsaturated/α-hetero) is 1. The van der Waals surface area contributed by atoms with Gasteiger partial charge in [0.2, 0.25) is 11.8 Å². The number of aliphatic carboxylic acids is 2. The molecule has 7 N–H and O–H groups in total. The number of hydrogen-bond acceptors (Lipinski definition) is 24. The van der Waals surface area contributed by atoms with Crippen LogP contribution in [-0.4, -0.2) is 145 Å². The Kier molecular flexibility index (Phi) is 20.2. The zero-order valence-electron chi connectivity index (χ0n) is 50.4. The number of aliphatic hydroxyl groups is 1. The number of aliphatic hydroxyl groups excluding tert-OH is 1. The van der Waals surface area contributed by atoms with Crippen molar-refractivity contribution < 1.29 is 58.4 Å². The fourth-order valence-electron chi connectivity index (χ4n) is 10.6. The number of likely N-dealkylation sites (tertiary alicyclic amines) is 1. The zero-order valence-corrected chi connectivity index (χ0v) is 55.3. The minimum absolute atomic E-state index is 0.00279. The first-order chi connectivity index (χ1) is 44.7. The predicted octanol–water partition coefficient (Wildman–Crippen LogP) is 8.48. The topological polar surface area (TPSA) is 366 Å². The summed E-state index contributed by atoms with van der Waals surface area (Å²) in [6.45, 7) is 5.33. The van der Waals surface area contributed by atoms with Crippen molar-refractivity contribution in [1.29, 1.82) is 0 Å².